The van der Waals surface area contributed by atoms with Gasteiger partial charge < -0.3 is 4.43 Å². The number of fused-ring (bicyclic) bond motifs is 5. The fourth-order valence-electron chi connectivity index (χ4n) is 6.71. The molecule has 0 aliphatic heterocycles. The Morgan fingerprint density at radius 3 is 2.58 bits per heavy atom. The van der Waals surface area contributed by atoms with Crippen molar-refractivity contribution in [2.75, 3.05) is 0 Å². The summed E-state index contributed by atoms with van der Waals surface area (Å²) in [7, 11) is -1.42. The summed E-state index contributed by atoms with van der Waals surface area (Å²) in [5, 5.41) is 0. The van der Waals surface area contributed by atoms with Crippen LogP contribution in [0.1, 0.15) is 58.8 Å². The van der Waals surface area contributed by atoms with Crippen molar-refractivity contribution in [2.45, 2.75) is 84.5 Å². The van der Waals surface area contributed by atoms with E-state index in [9.17, 15) is 0 Å². The molecule has 0 spiro atoms. The lowest BCUT2D eigenvalue weighted by Crippen LogP contribution is -2.50. The zero-order valence-electron chi connectivity index (χ0n) is 16.4. The molecule has 4 aliphatic rings. The Balaban J connectivity index is 1.56. The van der Waals surface area contributed by atoms with E-state index >= 15 is 0 Å². The highest BCUT2D eigenvalue weighted by atomic mass is 28.4. The third kappa shape index (κ3) is 2.69. The highest BCUT2D eigenvalue weighted by Crippen LogP contribution is 2.63. The Hall–Kier alpha value is -0.343. The third-order valence-electron chi connectivity index (χ3n) is 7.91. The summed E-state index contributed by atoms with van der Waals surface area (Å²) in [6.07, 6.45) is 17.5. The van der Waals surface area contributed by atoms with E-state index in [1.807, 2.05) is 0 Å². The molecule has 0 amide bonds. The zero-order valence-corrected chi connectivity index (χ0v) is 17.4. The third-order valence-corrected chi connectivity index (χ3v) is 8.95. The summed E-state index contributed by atoms with van der Waals surface area (Å²) in [5.41, 5.74) is 2.72. The highest BCUT2D eigenvalue weighted by molar-refractivity contribution is 6.69. The molecule has 24 heavy (non-hydrogen) atoms. The Kier molecular flexibility index (Phi) is 3.97. The van der Waals surface area contributed by atoms with Crippen molar-refractivity contribution in [2.24, 2.45) is 28.6 Å². The van der Waals surface area contributed by atoms with Crippen molar-refractivity contribution in [1.82, 2.24) is 0 Å². The summed E-state index contributed by atoms with van der Waals surface area (Å²) in [5.74, 6) is 2.74. The average molecular weight is 345 g/mol. The van der Waals surface area contributed by atoms with E-state index in [4.69, 9.17) is 4.43 Å². The second kappa shape index (κ2) is 5.58. The molecule has 0 aromatic carbocycles. The molecule has 6 atom stereocenters. The molecule has 0 N–H and O–H groups in total. The smallest absolute Gasteiger partial charge is 0.184 e. The summed E-state index contributed by atoms with van der Waals surface area (Å²) in [6, 6.07) is 0. The van der Waals surface area contributed by atoms with E-state index in [1.54, 1.807) is 5.57 Å². The molecule has 0 heterocycles. The SMILES string of the molecule is C[C@@]12C=CCC1C1CC=C3C[C@@H](O[Si](C)(C)C)CC[C@]3(C)C1CC2. The van der Waals surface area contributed by atoms with Crippen LogP contribution in [0, 0.1) is 28.6 Å². The van der Waals surface area contributed by atoms with Crippen molar-refractivity contribution in [3.05, 3.63) is 23.8 Å². The van der Waals surface area contributed by atoms with Gasteiger partial charge in [0.15, 0.2) is 8.32 Å². The van der Waals surface area contributed by atoms with Crippen LogP contribution in [-0.4, -0.2) is 14.4 Å². The minimum absolute atomic E-state index is 0.464. The van der Waals surface area contributed by atoms with Gasteiger partial charge in [-0.1, -0.05) is 37.6 Å². The van der Waals surface area contributed by atoms with Gasteiger partial charge in [-0.3, -0.25) is 0 Å². The van der Waals surface area contributed by atoms with Crippen molar-refractivity contribution < 1.29 is 4.43 Å². The van der Waals surface area contributed by atoms with Gasteiger partial charge in [0.1, 0.15) is 0 Å². The standard InChI is InChI=1S/C22H36OSi/c1-21-12-6-7-19(21)18-9-8-16-15-17(23-24(3,4)5)10-14-22(16,2)20(18)11-13-21/h6,8,12,17-20H,7,9-11,13-15H2,1-5H3/t17-,18?,19?,20?,21-,22-/m0/s1. The van der Waals surface area contributed by atoms with Crippen LogP contribution in [0.2, 0.25) is 19.6 Å². The van der Waals surface area contributed by atoms with Gasteiger partial charge in [0, 0.05) is 6.10 Å². The van der Waals surface area contributed by atoms with Gasteiger partial charge in [-0.15, -0.1) is 0 Å². The normalized spacial score (nSPS) is 47.6. The predicted molar refractivity (Wildman–Crippen MR) is 104 cm³/mol. The van der Waals surface area contributed by atoms with Gasteiger partial charge in [-0.05, 0) is 93.2 Å². The minimum Gasteiger partial charge on any atom is -0.414 e. The maximum absolute atomic E-state index is 6.48. The fourth-order valence-corrected chi connectivity index (χ4v) is 7.91. The highest BCUT2D eigenvalue weighted by Gasteiger charge is 2.54. The van der Waals surface area contributed by atoms with Crippen LogP contribution in [0.15, 0.2) is 23.8 Å². The number of hydrogen-bond acceptors (Lipinski definition) is 1. The van der Waals surface area contributed by atoms with Gasteiger partial charge in [0.05, 0.1) is 0 Å². The van der Waals surface area contributed by atoms with Crippen molar-refractivity contribution >= 4 is 8.32 Å². The van der Waals surface area contributed by atoms with E-state index in [2.05, 4.69) is 51.7 Å². The lowest BCUT2D eigenvalue weighted by molar-refractivity contribution is -0.0244. The largest absolute Gasteiger partial charge is 0.414 e. The Bertz CT molecular complexity index is 571. The molecule has 4 aliphatic carbocycles. The van der Waals surface area contributed by atoms with Crippen LogP contribution in [0.5, 0.6) is 0 Å². The maximum Gasteiger partial charge on any atom is 0.184 e. The molecular weight excluding hydrogens is 308 g/mol. The monoisotopic (exact) mass is 344 g/mol. The molecule has 0 bridgehead atoms. The van der Waals surface area contributed by atoms with Gasteiger partial charge in [0.25, 0.3) is 0 Å². The van der Waals surface area contributed by atoms with E-state index in [0.717, 1.165) is 17.8 Å². The lowest BCUT2D eigenvalue weighted by atomic mass is 9.48. The minimum atomic E-state index is -1.42. The molecule has 0 radical (unpaired) electrons. The van der Waals surface area contributed by atoms with Crippen molar-refractivity contribution in [1.29, 1.82) is 0 Å². The first-order valence-corrected chi connectivity index (χ1v) is 13.7. The summed E-state index contributed by atoms with van der Waals surface area (Å²) in [6.45, 7) is 12.1. The van der Waals surface area contributed by atoms with Crippen LogP contribution >= 0.6 is 0 Å². The maximum atomic E-state index is 6.48. The molecule has 2 saturated carbocycles. The van der Waals surface area contributed by atoms with Crippen LogP contribution in [0.3, 0.4) is 0 Å². The van der Waals surface area contributed by atoms with Crippen molar-refractivity contribution in [3.8, 4) is 0 Å². The van der Waals surface area contributed by atoms with Crippen LogP contribution in [0.25, 0.3) is 0 Å². The Morgan fingerprint density at radius 1 is 1.04 bits per heavy atom. The first kappa shape index (κ1) is 17.1. The molecule has 2 heteroatoms. The van der Waals surface area contributed by atoms with E-state index in [-0.39, 0.29) is 0 Å². The quantitative estimate of drug-likeness (QED) is 0.420. The molecular formula is C22H36OSi. The average Bonchev–Trinajstić information content (AvgIpc) is 2.88. The summed E-state index contributed by atoms with van der Waals surface area (Å²) < 4.78 is 6.48. The van der Waals surface area contributed by atoms with Gasteiger partial charge in [-0.2, -0.15) is 0 Å². The van der Waals surface area contributed by atoms with E-state index in [0.29, 0.717) is 16.9 Å². The first-order valence-electron chi connectivity index (χ1n) is 10.3. The molecule has 3 unspecified atom stereocenters. The van der Waals surface area contributed by atoms with Crippen LogP contribution in [0.4, 0.5) is 0 Å². The van der Waals surface area contributed by atoms with Gasteiger partial charge in [-0.25, -0.2) is 0 Å². The molecule has 0 aromatic heterocycles. The second-order valence-corrected chi connectivity index (χ2v) is 15.0. The summed E-state index contributed by atoms with van der Waals surface area (Å²) >= 11 is 0. The molecule has 134 valence electrons. The van der Waals surface area contributed by atoms with Gasteiger partial charge in [0.2, 0.25) is 0 Å². The molecule has 4 rings (SSSR count). The van der Waals surface area contributed by atoms with Crippen LogP contribution in [-0.2, 0) is 4.43 Å². The predicted octanol–water partition coefficient (Wildman–Crippen LogP) is 6.34. The van der Waals surface area contributed by atoms with E-state index in [1.165, 1.54) is 44.9 Å². The molecule has 2 fully saturated rings. The fraction of sp³-hybridized carbons (Fsp3) is 0.818. The van der Waals surface area contributed by atoms with E-state index < -0.39 is 8.32 Å². The molecule has 0 aromatic rings. The second-order valence-electron chi connectivity index (χ2n) is 10.5. The Morgan fingerprint density at radius 2 is 1.83 bits per heavy atom. The number of allylic oxidation sites excluding steroid dienone is 3. The number of hydrogen-bond donors (Lipinski definition) is 0. The Labute approximate surface area is 150 Å². The number of rotatable bonds is 2. The zero-order chi connectivity index (χ0) is 17.2. The lowest BCUT2D eigenvalue weighted by Gasteiger charge is -2.57. The van der Waals surface area contributed by atoms with Crippen molar-refractivity contribution in [3.63, 3.8) is 0 Å². The topological polar surface area (TPSA) is 9.23 Å². The van der Waals surface area contributed by atoms with Crippen LogP contribution < -0.4 is 0 Å². The first-order chi connectivity index (χ1) is 11.2. The molecule has 1 nitrogen and oxygen atoms in total. The van der Waals surface area contributed by atoms with Gasteiger partial charge >= 0.3 is 0 Å². The summed E-state index contributed by atoms with van der Waals surface area (Å²) in [4.78, 5) is 0. The molecule has 0 saturated heterocycles.